The second kappa shape index (κ2) is 6.29. The van der Waals surface area contributed by atoms with Crippen LogP contribution in [0.5, 0.6) is 0 Å². The third kappa shape index (κ3) is 3.09. The molecular formula is C13H24N4O. The van der Waals surface area contributed by atoms with Gasteiger partial charge in [0.15, 0.2) is 5.82 Å². The fourth-order valence-electron chi connectivity index (χ4n) is 2.77. The van der Waals surface area contributed by atoms with Crippen LogP contribution in [0.3, 0.4) is 0 Å². The molecule has 102 valence electrons. The molecule has 1 aromatic heterocycles. The van der Waals surface area contributed by atoms with Crippen molar-refractivity contribution in [2.24, 2.45) is 11.7 Å². The zero-order chi connectivity index (χ0) is 13.0. The lowest BCUT2D eigenvalue weighted by Crippen LogP contribution is -2.48. The number of aryl methyl sites for hydroxylation is 1. The third-order valence-corrected chi connectivity index (χ3v) is 3.79. The summed E-state index contributed by atoms with van der Waals surface area (Å²) in [5.74, 6) is 2.20. The fourth-order valence-corrected chi connectivity index (χ4v) is 2.77. The Morgan fingerprint density at radius 1 is 1.50 bits per heavy atom. The van der Waals surface area contributed by atoms with Crippen molar-refractivity contribution in [1.29, 1.82) is 0 Å². The van der Waals surface area contributed by atoms with Crippen LogP contribution in [-0.2, 0) is 13.0 Å². The summed E-state index contributed by atoms with van der Waals surface area (Å²) in [6.45, 7) is 6.92. The molecule has 2 heterocycles. The number of nitrogens with zero attached hydrogens (tertiary/aromatic N) is 3. The summed E-state index contributed by atoms with van der Waals surface area (Å²) >= 11 is 0. The maximum atomic E-state index is 5.88. The van der Waals surface area contributed by atoms with Gasteiger partial charge < -0.3 is 10.3 Å². The zero-order valence-electron chi connectivity index (χ0n) is 11.4. The number of hydrogen-bond acceptors (Lipinski definition) is 5. The van der Waals surface area contributed by atoms with Crippen LogP contribution < -0.4 is 5.73 Å². The molecule has 18 heavy (non-hydrogen) atoms. The normalized spacial score (nSPS) is 25.5. The summed E-state index contributed by atoms with van der Waals surface area (Å²) in [5, 5.41) is 4.00. The van der Waals surface area contributed by atoms with Gasteiger partial charge in [-0.15, -0.1) is 0 Å². The molecule has 1 aliphatic rings. The van der Waals surface area contributed by atoms with Gasteiger partial charge in [-0.25, -0.2) is 0 Å². The molecule has 0 aliphatic carbocycles. The highest BCUT2D eigenvalue weighted by molar-refractivity contribution is 4.90. The van der Waals surface area contributed by atoms with Crippen LogP contribution in [-0.4, -0.2) is 34.2 Å². The highest BCUT2D eigenvalue weighted by atomic mass is 16.5. The van der Waals surface area contributed by atoms with Crippen molar-refractivity contribution in [1.82, 2.24) is 15.0 Å². The Labute approximate surface area is 109 Å². The van der Waals surface area contributed by atoms with Gasteiger partial charge in [0.05, 0.1) is 6.54 Å². The number of aromatic nitrogens is 2. The molecule has 0 spiro atoms. The molecule has 1 aliphatic heterocycles. The molecule has 2 rings (SSSR count). The van der Waals surface area contributed by atoms with E-state index < -0.39 is 0 Å². The van der Waals surface area contributed by atoms with Crippen LogP contribution in [0.1, 0.15) is 44.8 Å². The maximum Gasteiger partial charge on any atom is 0.240 e. The second-order valence-electron chi connectivity index (χ2n) is 5.25. The van der Waals surface area contributed by atoms with Crippen LogP contribution in [0.25, 0.3) is 0 Å². The number of hydrogen-bond donors (Lipinski definition) is 1. The van der Waals surface area contributed by atoms with E-state index in [9.17, 15) is 0 Å². The van der Waals surface area contributed by atoms with Gasteiger partial charge in [-0.05, 0) is 31.7 Å². The fraction of sp³-hybridized carbons (Fsp3) is 0.846. The monoisotopic (exact) mass is 252 g/mol. The number of likely N-dealkylation sites (tertiary alicyclic amines) is 1. The van der Waals surface area contributed by atoms with Crippen molar-refractivity contribution in [3.05, 3.63) is 11.7 Å². The van der Waals surface area contributed by atoms with E-state index in [-0.39, 0.29) is 0 Å². The van der Waals surface area contributed by atoms with Crippen molar-refractivity contribution in [2.75, 3.05) is 13.1 Å². The summed E-state index contributed by atoms with van der Waals surface area (Å²) in [4.78, 5) is 6.81. The first-order valence-corrected chi connectivity index (χ1v) is 7.00. The van der Waals surface area contributed by atoms with Gasteiger partial charge in [-0.1, -0.05) is 19.0 Å². The molecule has 1 aromatic rings. The van der Waals surface area contributed by atoms with E-state index in [4.69, 9.17) is 10.3 Å². The van der Waals surface area contributed by atoms with Gasteiger partial charge >= 0.3 is 0 Å². The van der Waals surface area contributed by atoms with Crippen LogP contribution >= 0.6 is 0 Å². The molecule has 0 saturated carbocycles. The summed E-state index contributed by atoms with van der Waals surface area (Å²) in [6, 6.07) is 0.445. The van der Waals surface area contributed by atoms with Crippen molar-refractivity contribution in [3.8, 4) is 0 Å². The van der Waals surface area contributed by atoms with Crippen LogP contribution in [0.4, 0.5) is 0 Å². The molecule has 5 nitrogen and oxygen atoms in total. The Hall–Kier alpha value is -0.940. The van der Waals surface area contributed by atoms with E-state index in [1.54, 1.807) is 0 Å². The molecule has 1 saturated heterocycles. The topological polar surface area (TPSA) is 68.2 Å². The Morgan fingerprint density at radius 2 is 2.33 bits per heavy atom. The lowest BCUT2D eigenvalue weighted by molar-refractivity contribution is 0.0874. The Morgan fingerprint density at radius 3 is 3.06 bits per heavy atom. The van der Waals surface area contributed by atoms with Gasteiger partial charge in [0.2, 0.25) is 5.89 Å². The van der Waals surface area contributed by atoms with E-state index >= 15 is 0 Å². The molecule has 0 radical (unpaired) electrons. The molecule has 0 aromatic carbocycles. The average molecular weight is 252 g/mol. The van der Waals surface area contributed by atoms with Crippen molar-refractivity contribution in [3.63, 3.8) is 0 Å². The number of rotatable bonds is 5. The predicted molar refractivity (Wildman–Crippen MR) is 69.9 cm³/mol. The molecule has 0 bridgehead atoms. The third-order valence-electron chi connectivity index (χ3n) is 3.79. The molecule has 2 unspecified atom stereocenters. The largest absolute Gasteiger partial charge is 0.338 e. The van der Waals surface area contributed by atoms with E-state index in [2.05, 4.69) is 28.9 Å². The Kier molecular flexibility index (Phi) is 4.72. The van der Waals surface area contributed by atoms with Gasteiger partial charge in [0.1, 0.15) is 0 Å². The number of nitrogens with two attached hydrogens (primary N) is 1. The van der Waals surface area contributed by atoms with E-state index in [0.29, 0.717) is 18.5 Å². The summed E-state index contributed by atoms with van der Waals surface area (Å²) in [6.07, 6.45) is 4.43. The average Bonchev–Trinajstić information content (AvgIpc) is 2.77. The summed E-state index contributed by atoms with van der Waals surface area (Å²) < 4.78 is 5.30. The van der Waals surface area contributed by atoms with Crippen molar-refractivity contribution >= 4 is 0 Å². The first-order valence-electron chi connectivity index (χ1n) is 7.00. The minimum Gasteiger partial charge on any atom is -0.338 e. The van der Waals surface area contributed by atoms with E-state index in [1.165, 1.54) is 12.8 Å². The van der Waals surface area contributed by atoms with Crippen LogP contribution in [0, 0.1) is 5.92 Å². The van der Waals surface area contributed by atoms with Gasteiger partial charge in [0, 0.05) is 19.0 Å². The second-order valence-corrected chi connectivity index (χ2v) is 5.25. The molecule has 2 N–H and O–H groups in total. The molecule has 1 fully saturated rings. The Bertz CT molecular complexity index is 366. The first-order chi connectivity index (χ1) is 8.74. The Balaban J connectivity index is 1.97. The standard InChI is InChI=1S/C13H24N4O/c1-3-5-12-15-13(18-16-12)9-17-7-4-6-10(2)11(17)8-14/h10-11H,3-9,14H2,1-2H3. The molecule has 5 heteroatoms. The minimum absolute atomic E-state index is 0.445. The maximum absolute atomic E-state index is 5.88. The van der Waals surface area contributed by atoms with Gasteiger partial charge in [0.25, 0.3) is 0 Å². The minimum atomic E-state index is 0.445. The molecule has 2 atom stereocenters. The van der Waals surface area contributed by atoms with Gasteiger partial charge in [-0.2, -0.15) is 4.98 Å². The van der Waals surface area contributed by atoms with Crippen molar-refractivity contribution in [2.45, 2.75) is 52.1 Å². The number of piperidine rings is 1. The first kappa shape index (κ1) is 13.5. The lowest BCUT2D eigenvalue weighted by Gasteiger charge is -2.38. The van der Waals surface area contributed by atoms with Crippen LogP contribution in [0.15, 0.2) is 4.52 Å². The quantitative estimate of drug-likeness (QED) is 0.861. The van der Waals surface area contributed by atoms with Gasteiger partial charge in [-0.3, -0.25) is 4.90 Å². The molecular weight excluding hydrogens is 228 g/mol. The van der Waals surface area contributed by atoms with Crippen molar-refractivity contribution < 1.29 is 4.52 Å². The van der Waals surface area contributed by atoms with Crippen LogP contribution in [0.2, 0.25) is 0 Å². The predicted octanol–water partition coefficient (Wildman–Crippen LogP) is 1.58. The highest BCUT2D eigenvalue weighted by Crippen LogP contribution is 2.23. The summed E-state index contributed by atoms with van der Waals surface area (Å²) in [7, 11) is 0. The molecule has 0 amide bonds. The summed E-state index contributed by atoms with van der Waals surface area (Å²) in [5.41, 5.74) is 5.88. The lowest BCUT2D eigenvalue weighted by atomic mass is 9.91. The van der Waals surface area contributed by atoms with E-state index in [1.807, 2.05) is 0 Å². The van der Waals surface area contributed by atoms with E-state index in [0.717, 1.165) is 37.6 Å². The SMILES string of the molecule is CCCc1noc(CN2CCCC(C)C2CN)n1. The zero-order valence-corrected chi connectivity index (χ0v) is 11.4. The highest BCUT2D eigenvalue weighted by Gasteiger charge is 2.28. The smallest absolute Gasteiger partial charge is 0.240 e.